The molecular formula is C21H21N3O2. The van der Waals surface area contributed by atoms with E-state index in [1.165, 1.54) is 6.08 Å². The van der Waals surface area contributed by atoms with Crippen LogP contribution in [0, 0.1) is 13.8 Å². The third kappa shape index (κ3) is 3.24. The van der Waals surface area contributed by atoms with Crippen molar-refractivity contribution in [1.29, 1.82) is 0 Å². The predicted octanol–water partition coefficient (Wildman–Crippen LogP) is 3.60. The second-order valence-electron chi connectivity index (χ2n) is 6.31. The summed E-state index contributed by atoms with van der Waals surface area (Å²) in [5.41, 5.74) is 12.1. The number of carbonyl (C=O) groups excluding carboxylic acids is 2. The number of amides is 2. The van der Waals surface area contributed by atoms with E-state index < -0.39 is 0 Å². The topological polar surface area (TPSA) is 88.0 Å². The molecule has 0 aliphatic carbocycles. The van der Waals surface area contributed by atoms with Crippen LogP contribution in [0.5, 0.6) is 0 Å². The summed E-state index contributed by atoms with van der Waals surface area (Å²) in [4.78, 5) is 26.3. The van der Waals surface area contributed by atoms with Gasteiger partial charge in [-0.3, -0.25) is 9.59 Å². The predicted molar refractivity (Wildman–Crippen MR) is 105 cm³/mol. The number of carbonyl (C=O) groups is 2. The van der Waals surface area contributed by atoms with Crippen LogP contribution in [-0.4, -0.2) is 16.8 Å². The summed E-state index contributed by atoms with van der Waals surface area (Å²) < 4.78 is 0. The van der Waals surface area contributed by atoms with Crippen molar-refractivity contribution >= 4 is 28.4 Å². The van der Waals surface area contributed by atoms with Crippen LogP contribution in [0.3, 0.4) is 0 Å². The number of H-pyrrole nitrogens is 1. The summed E-state index contributed by atoms with van der Waals surface area (Å²) >= 11 is 0. The Morgan fingerprint density at radius 1 is 1.23 bits per heavy atom. The molecule has 1 heterocycles. The molecule has 0 saturated carbocycles. The fraction of sp³-hybridized carbons (Fsp3) is 0.143. The Morgan fingerprint density at radius 2 is 2.00 bits per heavy atom. The van der Waals surface area contributed by atoms with Crippen LogP contribution in [0.4, 0.5) is 5.69 Å². The van der Waals surface area contributed by atoms with Crippen LogP contribution in [0.2, 0.25) is 0 Å². The summed E-state index contributed by atoms with van der Waals surface area (Å²) in [7, 11) is 0. The van der Waals surface area contributed by atoms with E-state index in [4.69, 9.17) is 5.73 Å². The van der Waals surface area contributed by atoms with Gasteiger partial charge in [0.15, 0.2) is 0 Å². The average Bonchev–Trinajstić information content (AvgIpc) is 2.91. The highest BCUT2D eigenvalue weighted by atomic mass is 16.1. The molecule has 1 aromatic heterocycles. The molecule has 132 valence electrons. The Hall–Kier alpha value is -3.34. The molecule has 0 fully saturated rings. The van der Waals surface area contributed by atoms with Gasteiger partial charge in [-0.1, -0.05) is 30.8 Å². The number of nitrogens with one attached hydrogen (secondary N) is 2. The van der Waals surface area contributed by atoms with Crippen molar-refractivity contribution in [2.45, 2.75) is 20.3 Å². The number of nitrogens with two attached hydrogens (primary N) is 1. The Labute approximate surface area is 151 Å². The monoisotopic (exact) mass is 347 g/mol. The Balaban J connectivity index is 2.17. The van der Waals surface area contributed by atoms with Gasteiger partial charge in [-0.05, 0) is 54.3 Å². The Bertz CT molecular complexity index is 1030. The van der Waals surface area contributed by atoms with Gasteiger partial charge >= 0.3 is 0 Å². The van der Waals surface area contributed by atoms with Gasteiger partial charge in [-0.2, -0.15) is 0 Å². The normalized spacial score (nSPS) is 10.7. The molecule has 2 amide bonds. The third-order valence-electron chi connectivity index (χ3n) is 4.53. The van der Waals surface area contributed by atoms with E-state index in [1.54, 1.807) is 0 Å². The maximum Gasteiger partial charge on any atom is 0.247 e. The van der Waals surface area contributed by atoms with Crippen molar-refractivity contribution in [3.05, 3.63) is 65.9 Å². The van der Waals surface area contributed by atoms with Gasteiger partial charge < -0.3 is 16.0 Å². The van der Waals surface area contributed by atoms with Crippen molar-refractivity contribution < 1.29 is 9.59 Å². The number of fused-ring (bicyclic) bond motifs is 1. The van der Waals surface area contributed by atoms with E-state index in [0.717, 1.165) is 38.9 Å². The minimum Gasteiger partial charge on any atom is -0.369 e. The van der Waals surface area contributed by atoms with Gasteiger partial charge in [0.25, 0.3) is 0 Å². The van der Waals surface area contributed by atoms with Crippen molar-refractivity contribution in [2.24, 2.45) is 5.73 Å². The fourth-order valence-corrected chi connectivity index (χ4v) is 3.18. The van der Waals surface area contributed by atoms with Gasteiger partial charge in [0.2, 0.25) is 11.8 Å². The van der Waals surface area contributed by atoms with Gasteiger partial charge in [0.1, 0.15) is 0 Å². The van der Waals surface area contributed by atoms with E-state index in [2.05, 4.69) is 23.8 Å². The van der Waals surface area contributed by atoms with Crippen molar-refractivity contribution in [3.8, 4) is 11.1 Å². The number of aryl methyl sites for hydroxylation is 2. The molecule has 0 aliphatic rings. The quantitative estimate of drug-likeness (QED) is 0.616. The molecule has 2 aromatic carbocycles. The van der Waals surface area contributed by atoms with Crippen LogP contribution < -0.4 is 11.1 Å². The molecule has 5 nitrogen and oxygen atoms in total. The summed E-state index contributed by atoms with van der Waals surface area (Å²) in [6.07, 6.45) is 1.43. The molecule has 3 rings (SSSR count). The van der Waals surface area contributed by atoms with E-state index in [1.807, 2.05) is 43.3 Å². The lowest BCUT2D eigenvalue weighted by atomic mass is 9.95. The molecule has 0 atom stereocenters. The Morgan fingerprint density at radius 3 is 2.69 bits per heavy atom. The second kappa shape index (κ2) is 6.88. The molecule has 0 bridgehead atoms. The molecule has 0 spiro atoms. The number of aromatic nitrogens is 1. The molecule has 0 radical (unpaired) electrons. The highest BCUT2D eigenvalue weighted by Gasteiger charge is 2.15. The highest BCUT2D eigenvalue weighted by Crippen LogP contribution is 2.35. The summed E-state index contributed by atoms with van der Waals surface area (Å²) in [5.74, 6) is -0.615. The zero-order valence-corrected chi connectivity index (χ0v) is 14.8. The van der Waals surface area contributed by atoms with Gasteiger partial charge in [0.05, 0.1) is 11.9 Å². The number of rotatable bonds is 5. The molecule has 0 saturated heterocycles. The van der Waals surface area contributed by atoms with E-state index >= 15 is 0 Å². The lowest BCUT2D eigenvalue weighted by Gasteiger charge is -2.10. The molecule has 0 unspecified atom stereocenters. The van der Waals surface area contributed by atoms with Crippen LogP contribution in [0.25, 0.3) is 22.0 Å². The largest absolute Gasteiger partial charge is 0.369 e. The minimum absolute atomic E-state index is 0.186. The second-order valence-corrected chi connectivity index (χ2v) is 6.31. The molecule has 3 aromatic rings. The Kier molecular flexibility index (Phi) is 4.63. The van der Waals surface area contributed by atoms with Gasteiger partial charge in [-0.25, -0.2) is 0 Å². The first-order valence-corrected chi connectivity index (χ1v) is 8.33. The minimum atomic E-state index is -0.363. The first-order valence-electron chi connectivity index (χ1n) is 8.33. The molecular weight excluding hydrogens is 326 g/mol. The van der Waals surface area contributed by atoms with Gasteiger partial charge in [-0.15, -0.1) is 0 Å². The lowest BCUT2D eigenvalue weighted by Crippen LogP contribution is -2.13. The third-order valence-corrected chi connectivity index (χ3v) is 4.53. The fourth-order valence-electron chi connectivity index (χ4n) is 3.18. The van der Waals surface area contributed by atoms with Crippen molar-refractivity contribution in [2.75, 3.05) is 5.32 Å². The molecule has 5 heteroatoms. The summed E-state index contributed by atoms with van der Waals surface area (Å²) in [6.45, 7) is 7.53. The van der Waals surface area contributed by atoms with E-state index in [-0.39, 0.29) is 18.2 Å². The number of benzene rings is 2. The lowest BCUT2D eigenvalue weighted by molar-refractivity contribution is -0.117. The smallest absolute Gasteiger partial charge is 0.247 e. The first kappa shape index (κ1) is 17.5. The number of aromatic amines is 1. The van der Waals surface area contributed by atoms with Crippen LogP contribution in [0.15, 0.2) is 49.1 Å². The number of hydrogen-bond donors (Lipinski definition) is 3. The molecule has 4 N–H and O–H groups in total. The van der Waals surface area contributed by atoms with E-state index in [9.17, 15) is 9.59 Å². The standard InChI is InChI=1S/C21H21N3O2/c1-4-19(26)24-16-7-5-6-14(10-16)17-9-8-15(11-18(22)25)21-20(17)12(2)13(3)23-21/h4-10,23H,1,11H2,2-3H3,(H2,22,25)(H,24,26). The summed E-state index contributed by atoms with van der Waals surface area (Å²) in [5, 5.41) is 3.84. The SMILES string of the molecule is C=CC(=O)Nc1cccc(-c2ccc(CC(N)=O)c3[nH]c(C)c(C)c23)c1. The van der Waals surface area contributed by atoms with Gasteiger partial charge in [0, 0.05) is 16.8 Å². The van der Waals surface area contributed by atoms with E-state index in [0.29, 0.717) is 5.69 Å². The molecule has 0 aliphatic heterocycles. The van der Waals surface area contributed by atoms with Crippen LogP contribution >= 0.6 is 0 Å². The summed E-state index contributed by atoms with van der Waals surface area (Å²) in [6, 6.07) is 11.6. The van der Waals surface area contributed by atoms with Crippen molar-refractivity contribution in [1.82, 2.24) is 4.98 Å². The maximum absolute atomic E-state index is 11.6. The average molecular weight is 347 g/mol. The zero-order valence-electron chi connectivity index (χ0n) is 14.8. The zero-order chi connectivity index (χ0) is 18.8. The highest BCUT2D eigenvalue weighted by molar-refractivity contribution is 6.03. The van der Waals surface area contributed by atoms with Crippen LogP contribution in [-0.2, 0) is 16.0 Å². The molecule has 26 heavy (non-hydrogen) atoms. The number of primary amides is 1. The first-order chi connectivity index (χ1) is 12.4. The maximum atomic E-state index is 11.6. The van der Waals surface area contributed by atoms with Crippen molar-refractivity contribution in [3.63, 3.8) is 0 Å². The number of hydrogen-bond acceptors (Lipinski definition) is 2. The van der Waals surface area contributed by atoms with Crippen LogP contribution in [0.1, 0.15) is 16.8 Å². The number of anilines is 1.